The van der Waals surface area contributed by atoms with Crippen molar-refractivity contribution in [1.82, 2.24) is 14.9 Å². The van der Waals surface area contributed by atoms with Gasteiger partial charge >= 0.3 is 0 Å². The number of nitrogens with zero attached hydrogens (tertiary/aromatic N) is 3. The van der Waals surface area contributed by atoms with E-state index in [1.807, 2.05) is 60.8 Å². The van der Waals surface area contributed by atoms with Crippen molar-refractivity contribution in [2.75, 3.05) is 25.2 Å². The quantitative estimate of drug-likeness (QED) is 0.174. The summed E-state index contributed by atoms with van der Waals surface area (Å²) in [6.07, 6.45) is 1.81. The van der Waals surface area contributed by atoms with Gasteiger partial charge in [0.1, 0.15) is 12.4 Å². The summed E-state index contributed by atoms with van der Waals surface area (Å²) in [5.41, 5.74) is 7.40. The van der Waals surface area contributed by atoms with Crippen LogP contribution in [0.2, 0.25) is 10.0 Å². The molecule has 0 spiro atoms. The van der Waals surface area contributed by atoms with E-state index in [-0.39, 0.29) is 12.1 Å². The molecule has 0 unspecified atom stereocenters. The molecule has 2 aromatic carbocycles. The topological polar surface area (TPSA) is 51.6 Å². The Bertz CT molecular complexity index is 1510. The molecule has 5 rings (SSSR count). The minimum atomic E-state index is -0.179. The average molecular weight is 582 g/mol. The van der Waals surface area contributed by atoms with Crippen molar-refractivity contribution in [1.29, 1.82) is 0 Å². The molecule has 0 amide bonds. The first-order valence-corrected chi connectivity index (χ1v) is 13.8. The van der Waals surface area contributed by atoms with Crippen LogP contribution in [0.5, 0.6) is 5.75 Å². The van der Waals surface area contributed by atoms with E-state index in [0.29, 0.717) is 34.1 Å². The van der Waals surface area contributed by atoms with Gasteiger partial charge in [0.25, 0.3) is 0 Å². The summed E-state index contributed by atoms with van der Waals surface area (Å²) in [6, 6.07) is 19.3. The largest absolute Gasteiger partial charge is 0.490 e. The van der Waals surface area contributed by atoms with Gasteiger partial charge in [0.2, 0.25) is 0 Å². The Morgan fingerprint density at radius 1 is 0.949 bits per heavy atom. The molecule has 1 N–H and O–H groups in total. The second-order valence-corrected chi connectivity index (χ2v) is 10.7. The van der Waals surface area contributed by atoms with Gasteiger partial charge in [-0.15, -0.1) is 0 Å². The minimum absolute atomic E-state index is 0.178. The highest BCUT2D eigenvalue weighted by Gasteiger charge is 2.43. The SMILES string of the molecule is COCCOc1ccc(N2C(=S)N[C@@H](c3ccccn3)[C@H]2c2c(C)c(C)n(-c3cccc(Cl)c3)c2C)cc1Cl. The highest BCUT2D eigenvalue weighted by molar-refractivity contribution is 7.80. The second-order valence-electron chi connectivity index (χ2n) is 9.48. The number of rotatable bonds is 8. The van der Waals surface area contributed by atoms with Crippen LogP contribution in [0.1, 0.15) is 40.3 Å². The molecule has 0 radical (unpaired) electrons. The van der Waals surface area contributed by atoms with Gasteiger partial charge in [-0.1, -0.05) is 35.3 Å². The van der Waals surface area contributed by atoms with Crippen LogP contribution < -0.4 is 15.0 Å². The Morgan fingerprint density at radius 3 is 2.46 bits per heavy atom. The molecule has 3 heterocycles. The van der Waals surface area contributed by atoms with Crippen LogP contribution >= 0.6 is 35.4 Å². The lowest BCUT2D eigenvalue weighted by atomic mass is 9.93. The van der Waals surface area contributed by atoms with Crippen LogP contribution in [0, 0.1) is 20.8 Å². The first-order valence-electron chi connectivity index (χ1n) is 12.7. The van der Waals surface area contributed by atoms with Gasteiger partial charge in [0, 0.05) is 46.7 Å². The molecule has 1 aliphatic heterocycles. The molecule has 0 saturated carbocycles. The Kier molecular flexibility index (Phi) is 8.14. The van der Waals surface area contributed by atoms with Crippen LogP contribution in [0.15, 0.2) is 66.9 Å². The lowest BCUT2D eigenvalue weighted by Gasteiger charge is -2.29. The number of pyridine rings is 1. The van der Waals surface area contributed by atoms with Crippen molar-refractivity contribution in [3.05, 3.63) is 105 Å². The molecule has 1 saturated heterocycles. The van der Waals surface area contributed by atoms with E-state index in [0.717, 1.165) is 28.5 Å². The van der Waals surface area contributed by atoms with Gasteiger partial charge in [-0.3, -0.25) is 4.98 Å². The van der Waals surface area contributed by atoms with E-state index >= 15 is 0 Å². The summed E-state index contributed by atoms with van der Waals surface area (Å²) in [6.45, 7) is 7.33. The number of halogens is 2. The maximum absolute atomic E-state index is 6.68. The predicted octanol–water partition coefficient (Wildman–Crippen LogP) is 7.31. The van der Waals surface area contributed by atoms with Crippen LogP contribution in [0.3, 0.4) is 0 Å². The monoisotopic (exact) mass is 580 g/mol. The molecule has 0 bridgehead atoms. The zero-order valence-corrected chi connectivity index (χ0v) is 24.6. The van der Waals surface area contributed by atoms with Crippen molar-refractivity contribution in [3.8, 4) is 11.4 Å². The van der Waals surface area contributed by atoms with Gasteiger partial charge in [-0.25, -0.2) is 0 Å². The number of hydrogen-bond acceptors (Lipinski definition) is 4. The molecule has 6 nitrogen and oxygen atoms in total. The summed E-state index contributed by atoms with van der Waals surface area (Å²) >= 11 is 19.0. The van der Waals surface area contributed by atoms with Crippen LogP contribution in [0.4, 0.5) is 5.69 Å². The summed E-state index contributed by atoms with van der Waals surface area (Å²) in [4.78, 5) is 6.84. The molecule has 1 fully saturated rings. The highest BCUT2D eigenvalue weighted by Crippen LogP contribution is 2.46. The number of aromatic nitrogens is 2. The van der Waals surface area contributed by atoms with Crippen molar-refractivity contribution < 1.29 is 9.47 Å². The Balaban J connectivity index is 1.65. The third-order valence-corrected chi connectivity index (χ3v) is 8.05. The van der Waals surface area contributed by atoms with E-state index in [4.69, 9.17) is 49.9 Å². The van der Waals surface area contributed by atoms with Gasteiger partial charge in [-0.05, 0) is 87.1 Å². The van der Waals surface area contributed by atoms with E-state index in [9.17, 15) is 0 Å². The van der Waals surface area contributed by atoms with Gasteiger partial charge < -0.3 is 24.3 Å². The molecule has 4 aromatic rings. The maximum atomic E-state index is 6.68. The number of methoxy groups -OCH3 is 1. The summed E-state index contributed by atoms with van der Waals surface area (Å²) < 4.78 is 13.1. The fourth-order valence-electron chi connectivity index (χ4n) is 5.36. The van der Waals surface area contributed by atoms with E-state index in [2.05, 4.69) is 41.6 Å². The normalized spacial score (nSPS) is 17.0. The van der Waals surface area contributed by atoms with Gasteiger partial charge in [0.15, 0.2) is 5.11 Å². The van der Waals surface area contributed by atoms with E-state index < -0.39 is 0 Å². The fourth-order valence-corrected chi connectivity index (χ4v) is 6.12. The molecule has 202 valence electrons. The molecule has 9 heteroatoms. The third-order valence-electron chi connectivity index (χ3n) is 7.21. The lowest BCUT2D eigenvalue weighted by Crippen LogP contribution is -2.29. The van der Waals surface area contributed by atoms with Crippen molar-refractivity contribution in [2.45, 2.75) is 32.9 Å². The summed E-state index contributed by atoms with van der Waals surface area (Å²) in [5.74, 6) is 0.601. The average Bonchev–Trinajstić information content (AvgIpc) is 3.37. The van der Waals surface area contributed by atoms with Crippen molar-refractivity contribution in [2.24, 2.45) is 0 Å². The minimum Gasteiger partial charge on any atom is -0.490 e. The number of benzene rings is 2. The molecule has 1 aliphatic rings. The van der Waals surface area contributed by atoms with E-state index in [1.165, 1.54) is 11.1 Å². The summed E-state index contributed by atoms with van der Waals surface area (Å²) in [5, 5.41) is 5.35. The molecule has 2 atom stereocenters. The second kappa shape index (κ2) is 11.6. The van der Waals surface area contributed by atoms with Crippen LogP contribution in [-0.4, -0.2) is 35.0 Å². The first-order chi connectivity index (χ1) is 18.8. The number of nitrogens with one attached hydrogen (secondary N) is 1. The number of ether oxygens (including phenoxy) is 2. The maximum Gasteiger partial charge on any atom is 0.174 e. The van der Waals surface area contributed by atoms with Crippen molar-refractivity contribution >= 4 is 46.2 Å². The Labute approximate surface area is 244 Å². The number of anilines is 1. The predicted molar refractivity (Wildman–Crippen MR) is 162 cm³/mol. The standard InChI is InChI=1S/C30H30Cl2N4O2S/c1-18-19(2)35(22-9-7-8-21(31)16-22)20(3)27(18)29-28(25-10-5-6-13-33-25)34-30(39)36(29)23-11-12-26(24(32)17-23)38-15-14-37-4/h5-13,16-17,28-29H,14-15H2,1-4H3,(H,34,39)/t28-,29+/m0/s1. The fraction of sp³-hybridized carbons (Fsp3) is 0.267. The number of thiocarbonyl (C=S) groups is 1. The molecule has 39 heavy (non-hydrogen) atoms. The van der Waals surface area contributed by atoms with Crippen LogP contribution in [-0.2, 0) is 4.74 Å². The Morgan fingerprint density at radius 2 is 1.77 bits per heavy atom. The molecular weight excluding hydrogens is 551 g/mol. The lowest BCUT2D eigenvalue weighted by molar-refractivity contribution is 0.146. The number of hydrogen-bond donors (Lipinski definition) is 1. The van der Waals surface area contributed by atoms with Crippen molar-refractivity contribution in [3.63, 3.8) is 0 Å². The van der Waals surface area contributed by atoms with E-state index in [1.54, 1.807) is 7.11 Å². The summed E-state index contributed by atoms with van der Waals surface area (Å²) in [7, 11) is 1.64. The zero-order valence-electron chi connectivity index (χ0n) is 22.2. The molecule has 2 aromatic heterocycles. The third kappa shape index (κ3) is 5.24. The highest BCUT2D eigenvalue weighted by atomic mass is 35.5. The molecule has 0 aliphatic carbocycles. The smallest absolute Gasteiger partial charge is 0.174 e. The van der Waals surface area contributed by atoms with Crippen LogP contribution in [0.25, 0.3) is 5.69 Å². The van der Waals surface area contributed by atoms with Gasteiger partial charge in [-0.2, -0.15) is 0 Å². The molecular formula is C30H30Cl2N4O2S. The first kappa shape index (κ1) is 27.5. The zero-order chi connectivity index (χ0) is 27.7. The Hall–Kier alpha value is -3.10. The van der Waals surface area contributed by atoms with Gasteiger partial charge in [0.05, 0.1) is 29.4 Å².